The molecule has 0 saturated carbocycles. The Bertz CT molecular complexity index is 2020. The first kappa shape index (κ1) is 32.2. The molecule has 244 valence electrons. The van der Waals surface area contributed by atoms with Crippen LogP contribution in [0.2, 0.25) is 0 Å². The van der Waals surface area contributed by atoms with Gasteiger partial charge in [-0.2, -0.15) is 0 Å². The van der Waals surface area contributed by atoms with E-state index in [1.807, 2.05) is 0 Å². The number of hydrogen-bond donors (Lipinski definition) is 2. The SMILES string of the molecule is CCN1c2cc3c(cc2C(C)=CC1(C)C)C(c1nccnc1C(=O)O)=c1cc2c(cc1O3)=[N+](CCCCCC(=O)O)C(C)(C)C=C2C. The van der Waals surface area contributed by atoms with E-state index < -0.39 is 11.9 Å². The van der Waals surface area contributed by atoms with Gasteiger partial charge >= 0.3 is 11.9 Å². The molecule has 47 heavy (non-hydrogen) atoms. The third kappa shape index (κ3) is 5.62. The van der Waals surface area contributed by atoms with Crippen molar-refractivity contribution in [3.63, 3.8) is 0 Å². The smallest absolute Gasteiger partial charge is 0.356 e. The van der Waals surface area contributed by atoms with Gasteiger partial charge in [0, 0.05) is 84.9 Å². The van der Waals surface area contributed by atoms with E-state index in [2.05, 4.69) is 104 Å². The van der Waals surface area contributed by atoms with Crippen molar-refractivity contribution in [1.82, 2.24) is 14.5 Å². The third-order valence-electron chi connectivity index (χ3n) is 9.64. The largest absolute Gasteiger partial charge is 0.481 e. The summed E-state index contributed by atoms with van der Waals surface area (Å²) in [5.74, 6) is -0.650. The number of carboxylic acids is 2. The predicted octanol–water partition coefficient (Wildman–Crippen LogP) is 5.88. The highest BCUT2D eigenvalue weighted by Gasteiger charge is 2.37. The van der Waals surface area contributed by atoms with Crippen molar-refractivity contribution < 1.29 is 24.5 Å². The first-order valence-corrected chi connectivity index (χ1v) is 16.4. The lowest BCUT2D eigenvalue weighted by atomic mass is 9.85. The van der Waals surface area contributed by atoms with E-state index in [4.69, 9.17) is 9.84 Å². The van der Waals surface area contributed by atoms with Crippen molar-refractivity contribution in [3.8, 4) is 11.5 Å². The lowest BCUT2D eigenvalue weighted by Crippen LogP contribution is -2.50. The van der Waals surface area contributed by atoms with Crippen molar-refractivity contribution in [1.29, 1.82) is 0 Å². The minimum absolute atomic E-state index is 0.114. The van der Waals surface area contributed by atoms with Gasteiger partial charge in [0.2, 0.25) is 5.36 Å². The molecule has 6 rings (SSSR count). The maximum Gasteiger partial charge on any atom is 0.356 e. The van der Waals surface area contributed by atoms with Crippen LogP contribution in [0.25, 0.3) is 16.7 Å². The highest BCUT2D eigenvalue weighted by molar-refractivity contribution is 5.97. The number of unbranched alkanes of at least 4 members (excludes halogenated alkanes) is 2. The number of aromatic nitrogens is 2. The summed E-state index contributed by atoms with van der Waals surface area (Å²) in [6.45, 7) is 16.7. The maximum atomic E-state index is 12.5. The van der Waals surface area contributed by atoms with E-state index >= 15 is 0 Å². The molecule has 4 heterocycles. The van der Waals surface area contributed by atoms with Gasteiger partial charge in [0.05, 0.1) is 11.6 Å². The molecule has 1 aromatic heterocycles. The van der Waals surface area contributed by atoms with Crippen LogP contribution in [0.3, 0.4) is 0 Å². The van der Waals surface area contributed by atoms with Crippen LogP contribution in [0, 0.1) is 0 Å². The Kier molecular flexibility index (Phi) is 8.06. The lowest BCUT2D eigenvalue weighted by Gasteiger charge is -2.43. The minimum atomic E-state index is -1.15. The summed E-state index contributed by atoms with van der Waals surface area (Å²) in [6.07, 6.45) is 9.95. The monoisotopic (exact) mass is 635 g/mol. The van der Waals surface area contributed by atoms with Crippen molar-refractivity contribution in [2.75, 3.05) is 18.0 Å². The van der Waals surface area contributed by atoms with Crippen molar-refractivity contribution >= 4 is 34.3 Å². The summed E-state index contributed by atoms with van der Waals surface area (Å²) in [7, 11) is 0. The van der Waals surface area contributed by atoms with Crippen molar-refractivity contribution in [2.45, 2.75) is 85.2 Å². The molecule has 2 N–H and O–H groups in total. The molecular formula is C38H43N4O5+. The molecule has 0 unspecified atom stereocenters. The van der Waals surface area contributed by atoms with E-state index in [1.165, 1.54) is 12.4 Å². The summed E-state index contributed by atoms with van der Waals surface area (Å²) in [4.78, 5) is 34.8. The summed E-state index contributed by atoms with van der Waals surface area (Å²) in [6, 6.07) is 8.37. The number of hydrogen-bond acceptors (Lipinski definition) is 6. The Balaban J connectivity index is 1.64. The van der Waals surface area contributed by atoms with E-state index in [9.17, 15) is 14.7 Å². The van der Waals surface area contributed by atoms with Crippen molar-refractivity contribution in [3.05, 3.63) is 87.5 Å². The van der Waals surface area contributed by atoms with Crippen LogP contribution >= 0.6 is 0 Å². The molecule has 0 bridgehead atoms. The highest BCUT2D eigenvalue weighted by Crippen LogP contribution is 2.46. The Hall–Kier alpha value is -4.79. The fourth-order valence-electron chi connectivity index (χ4n) is 7.67. The first-order valence-electron chi connectivity index (χ1n) is 16.4. The van der Waals surface area contributed by atoms with Crippen LogP contribution in [0.15, 0.2) is 48.8 Å². The normalized spacial score (nSPS) is 17.0. The average molecular weight is 636 g/mol. The predicted molar refractivity (Wildman–Crippen MR) is 183 cm³/mol. The maximum absolute atomic E-state index is 12.5. The number of allylic oxidation sites excluding steroid dienone is 2. The fraction of sp³-hybridized carbons (Fsp3) is 0.395. The Morgan fingerprint density at radius 2 is 1.60 bits per heavy atom. The number of anilines is 1. The second kappa shape index (κ2) is 11.8. The molecule has 3 aliphatic rings. The van der Waals surface area contributed by atoms with Gasteiger partial charge < -0.3 is 19.8 Å². The van der Waals surface area contributed by atoms with Crippen LogP contribution in [0.1, 0.15) is 107 Å². The number of carboxylic acid groups (broad SMARTS) is 2. The fourth-order valence-corrected chi connectivity index (χ4v) is 7.67. The molecule has 0 atom stereocenters. The molecule has 0 spiro atoms. The van der Waals surface area contributed by atoms with Gasteiger partial charge in [0.25, 0.3) is 0 Å². The quantitative estimate of drug-likeness (QED) is 0.173. The second-order valence-corrected chi connectivity index (χ2v) is 13.8. The lowest BCUT2D eigenvalue weighted by molar-refractivity contribution is -0.137. The van der Waals surface area contributed by atoms with Crippen LogP contribution in [0.5, 0.6) is 11.5 Å². The standard InChI is InChI=1S/C38H42N4O5/c1-8-41-28-18-30-26(16-24(28)22(2)20-37(41,4)5)33(34-35(36(45)46)40-14-13-39-34)27-17-25-23(3)21-38(6,7)42(29(25)19-31(27)47-30)15-11-9-10-12-32(43)44/h13-14,16-21H,8-12,15H2,1-7H3,(H-,43,44,45,46)/p+1. The molecule has 3 aromatic rings. The number of ether oxygens (including phenoxy) is 1. The summed E-state index contributed by atoms with van der Waals surface area (Å²) >= 11 is 0. The average Bonchev–Trinajstić information content (AvgIpc) is 2.99. The first-order chi connectivity index (χ1) is 22.2. The number of rotatable bonds is 9. The Morgan fingerprint density at radius 1 is 0.872 bits per heavy atom. The Labute approximate surface area is 275 Å². The van der Waals surface area contributed by atoms with E-state index in [0.29, 0.717) is 29.2 Å². The number of nitrogens with zero attached hydrogens (tertiary/aromatic N) is 4. The van der Waals surface area contributed by atoms with E-state index in [1.54, 1.807) is 0 Å². The van der Waals surface area contributed by atoms with Gasteiger partial charge in [0.15, 0.2) is 11.2 Å². The third-order valence-corrected chi connectivity index (χ3v) is 9.64. The highest BCUT2D eigenvalue weighted by atomic mass is 16.5. The molecule has 0 amide bonds. The summed E-state index contributed by atoms with van der Waals surface area (Å²) in [5.41, 5.74) is 6.58. The summed E-state index contributed by atoms with van der Waals surface area (Å²) < 4.78 is 9.17. The zero-order valence-corrected chi connectivity index (χ0v) is 28.3. The van der Waals surface area contributed by atoms with E-state index in [-0.39, 0.29) is 23.2 Å². The van der Waals surface area contributed by atoms with E-state index in [0.717, 1.165) is 70.0 Å². The molecule has 2 aromatic carbocycles. The van der Waals surface area contributed by atoms with Crippen LogP contribution in [-0.2, 0) is 4.79 Å². The number of fused-ring (bicyclic) bond motifs is 4. The van der Waals surface area contributed by atoms with Gasteiger partial charge in [-0.15, -0.1) is 0 Å². The molecule has 0 saturated heterocycles. The van der Waals surface area contributed by atoms with Crippen LogP contribution in [0.4, 0.5) is 5.69 Å². The molecule has 0 radical (unpaired) electrons. The molecule has 0 aliphatic carbocycles. The Morgan fingerprint density at radius 3 is 2.30 bits per heavy atom. The minimum Gasteiger partial charge on any atom is -0.481 e. The number of benzene rings is 2. The van der Waals surface area contributed by atoms with Gasteiger partial charge in [0.1, 0.15) is 23.7 Å². The number of aromatic carboxylic acids is 1. The second-order valence-electron chi connectivity index (χ2n) is 13.8. The molecule has 9 nitrogen and oxygen atoms in total. The molecular weight excluding hydrogens is 592 g/mol. The number of aliphatic carboxylic acids is 1. The van der Waals surface area contributed by atoms with Gasteiger partial charge in [-0.1, -0.05) is 6.08 Å². The van der Waals surface area contributed by atoms with Gasteiger partial charge in [-0.25, -0.2) is 14.4 Å². The van der Waals surface area contributed by atoms with Gasteiger partial charge in [-0.05, 0) is 76.8 Å². The van der Waals surface area contributed by atoms with Crippen LogP contribution < -0.4 is 24.8 Å². The molecule has 0 fully saturated rings. The zero-order chi connectivity index (χ0) is 33.8. The van der Waals surface area contributed by atoms with Crippen molar-refractivity contribution in [2.24, 2.45) is 0 Å². The number of likely N-dealkylation sites (N-methyl/N-ethyl adjacent to an activating group) is 1. The number of carbonyl (C=O) groups is 2. The van der Waals surface area contributed by atoms with Crippen LogP contribution in [-0.4, -0.2) is 56.3 Å². The molecule has 9 heteroatoms. The molecule has 3 aliphatic heterocycles. The topological polar surface area (TPSA) is 116 Å². The van der Waals surface area contributed by atoms with Gasteiger partial charge in [-0.3, -0.25) is 9.78 Å². The summed E-state index contributed by atoms with van der Waals surface area (Å²) in [5, 5.41) is 21.1. The zero-order valence-electron chi connectivity index (χ0n) is 28.3.